The summed E-state index contributed by atoms with van der Waals surface area (Å²) >= 11 is 3.51. The molecule has 1 unspecified atom stereocenters. The van der Waals surface area contributed by atoms with Crippen molar-refractivity contribution in [1.82, 2.24) is 5.32 Å². The van der Waals surface area contributed by atoms with E-state index in [2.05, 4.69) is 55.0 Å². The molecule has 0 fully saturated rings. The van der Waals surface area contributed by atoms with E-state index < -0.39 is 0 Å². The number of hydrogen-bond acceptors (Lipinski definition) is 2. The van der Waals surface area contributed by atoms with Crippen molar-refractivity contribution in [3.8, 4) is 5.75 Å². The molecule has 1 rings (SSSR count). The zero-order valence-electron chi connectivity index (χ0n) is 11.8. The monoisotopic (exact) mass is 313 g/mol. The van der Waals surface area contributed by atoms with Gasteiger partial charge in [-0.2, -0.15) is 0 Å². The third-order valence-corrected chi connectivity index (χ3v) is 3.55. The Hall–Kier alpha value is -0.540. The van der Waals surface area contributed by atoms with E-state index in [1.54, 1.807) is 0 Å². The fraction of sp³-hybridized carbons (Fsp3) is 0.600. The van der Waals surface area contributed by atoms with E-state index in [9.17, 15) is 0 Å². The second-order valence-corrected chi connectivity index (χ2v) is 5.86. The highest BCUT2D eigenvalue weighted by molar-refractivity contribution is 9.10. The summed E-state index contributed by atoms with van der Waals surface area (Å²) in [6, 6.07) is 6.77. The Balaban J connectivity index is 2.51. The van der Waals surface area contributed by atoms with Gasteiger partial charge in [-0.15, -0.1) is 0 Å². The minimum atomic E-state index is 0.472. The smallest absolute Gasteiger partial charge is 0.122 e. The van der Waals surface area contributed by atoms with Crippen LogP contribution in [-0.2, 0) is 0 Å². The molecule has 0 saturated carbocycles. The first-order valence-electron chi connectivity index (χ1n) is 6.70. The van der Waals surface area contributed by atoms with Crippen molar-refractivity contribution >= 4 is 15.9 Å². The van der Waals surface area contributed by atoms with Gasteiger partial charge in [0.15, 0.2) is 0 Å². The van der Waals surface area contributed by atoms with Gasteiger partial charge in [0.25, 0.3) is 0 Å². The van der Waals surface area contributed by atoms with Crippen molar-refractivity contribution in [3.63, 3.8) is 0 Å². The standard InChI is InChI=1S/C15H24BrNO/c1-5-12(4)17-8-9-18-15-7-6-13(16)10-14(15)11(2)3/h6-7,10-12,17H,5,8-9H2,1-4H3. The van der Waals surface area contributed by atoms with Gasteiger partial charge in [0.05, 0.1) is 0 Å². The van der Waals surface area contributed by atoms with E-state index in [0.717, 1.165) is 23.2 Å². The highest BCUT2D eigenvalue weighted by atomic mass is 79.9. The maximum atomic E-state index is 5.87. The Morgan fingerprint density at radius 2 is 2.00 bits per heavy atom. The highest BCUT2D eigenvalue weighted by Gasteiger charge is 2.08. The maximum Gasteiger partial charge on any atom is 0.122 e. The molecule has 1 atom stereocenters. The topological polar surface area (TPSA) is 21.3 Å². The van der Waals surface area contributed by atoms with E-state index in [-0.39, 0.29) is 0 Å². The summed E-state index contributed by atoms with van der Waals surface area (Å²) in [6.45, 7) is 10.4. The fourth-order valence-corrected chi connectivity index (χ4v) is 2.09. The van der Waals surface area contributed by atoms with Gasteiger partial charge in [0.2, 0.25) is 0 Å². The summed E-state index contributed by atoms with van der Waals surface area (Å²) in [6.07, 6.45) is 1.15. The number of rotatable bonds is 7. The molecular formula is C15H24BrNO. The molecule has 0 spiro atoms. The Bertz CT molecular complexity index is 366. The summed E-state index contributed by atoms with van der Waals surface area (Å²) in [5, 5.41) is 3.43. The Morgan fingerprint density at radius 1 is 1.28 bits per heavy atom. The lowest BCUT2D eigenvalue weighted by Gasteiger charge is -2.16. The molecule has 0 heterocycles. The molecule has 0 aliphatic rings. The van der Waals surface area contributed by atoms with E-state index in [0.29, 0.717) is 18.6 Å². The first-order chi connectivity index (χ1) is 8.54. The van der Waals surface area contributed by atoms with Crippen LogP contribution in [0.3, 0.4) is 0 Å². The van der Waals surface area contributed by atoms with E-state index in [1.165, 1.54) is 5.56 Å². The van der Waals surface area contributed by atoms with Gasteiger partial charge in [-0.05, 0) is 43.0 Å². The molecule has 0 amide bonds. The van der Waals surface area contributed by atoms with Crippen LogP contribution < -0.4 is 10.1 Å². The SMILES string of the molecule is CCC(C)NCCOc1ccc(Br)cc1C(C)C. The Morgan fingerprint density at radius 3 is 2.61 bits per heavy atom. The number of benzene rings is 1. The molecule has 0 aliphatic heterocycles. The lowest BCUT2D eigenvalue weighted by molar-refractivity contribution is 0.302. The first kappa shape index (κ1) is 15.5. The molecule has 3 heteroatoms. The zero-order valence-corrected chi connectivity index (χ0v) is 13.4. The largest absolute Gasteiger partial charge is 0.492 e. The van der Waals surface area contributed by atoms with Crippen molar-refractivity contribution in [2.45, 2.75) is 46.1 Å². The van der Waals surface area contributed by atoms with Gasteiger partial charge >= 0.3 is 0 Å². The van der Waals surface area contributed by atoms with Crippen molar-refractivity contribution in [2.24, 2.45) is 0 Å². The second kappa shape index (κ2) is 7.80. The molecule has 1 aromatic carbocycles. The average molecular weight is 314 g/mol. The molecule has 0 aliphatic carbocycles. The summed E-state index contributed by atoms with van der Waals surface area (Å²) in [4.78, 5) is 0. The molecule has 0 bridgehead atoms. The molecule has 2 nitrogen and oxygen atoms in total. The minimum absolute atomic E-state index is 0.472. The number of hydrogen-bond donors (Lipinski definition) is 1. The van der Waals surface area contributed by atoms with E-state index >= 15 is 0 Å². The molecule has 102 valence electrons. The van der Waals surface area contributed by atoms with Crippen molar-refractivity contribution in [3.05, 3.63) is 28.2 Å². The molecule has 0 aromatic heterocycles. The summed E-state index contributed by atoms with van der Waals surface area (Å²) in [5.74, 6) is 1.47. The van der Waals surface area contributed by atoms with Gasteiger partial charge in [-0.25, -0.2) is 0 Å². The van der Waals surface area contributed by atoms with Gasteiger partial charge < -0.3 is 10.1 Å². The lowest BCUT2D eigenvalue weighted by atomic mass is 10.0. The summed E-state index contributed by atoms with van der Waals surface area (Å²) < 4.78 is 6.97. The van der Waals surface area contributed by atoms with Crippen LogP contribution in [0.4, 0.5) is 0 Å². The average Bonchev–Trinajstić information content (AvgIpc) is 2.35. The quantitative estimate of drug-likeness (QED) is 0.756. The van der Waals surface area contributed by atoms with E-state index in [1.807, 2.05) is 12.1 Å². The van der Waals surface area contributed by atoms with Crippen LogP contribution in [0.2, 0.25) is 0 Å². The molecule has 0 radical (unpaired) electrons. The maximum absolute atomic E-state index is 5.87. The normalized spacial score (nSPS) is 12.8. The highest BCUT2D eigenvalue weighted by Crippen LogP contribution is 2.29. The Kier molecular flexibility index (Phi) is 6.72. The first-order valence-corrected chi connectivity index (χ1v) is 7.49. The van der Waals surface area contributed by atoms with Crippen molar-refractivity contribution in [2.75, 3.05) is 13.2 Å². The van der Waals surface area contributed by atoms with E-state index in [4.69, 9.17) is 4.74 Å². The number of halogens is 1. The zero-order chi connectivity index (χ0) is 13.5. The van der Waals surface area contributed by atoms with Gasteiger partial charge in [-0.3, -0.25) is 0 Å². The summed E-state index contributed by atoms with van der Waals surface area (Å²) in [5.41, 5.74) is 1.26. The van der Waals surface area contributed by atoms with Crippen LogP contribution in [-0.4, -0.2) is 19.2 Å². The van der Waals surface area contributed by atoms with Crippen LogP contribution in [0, 0.1) is 0 Å². The van der Waals surface area contributed by atoms with Crippen LogP contribution >= 0.6 is 15.9 Å². The lowest BCUT2D eigenvalue weighted by Crippen LogP contribution is -2.29. The van der Waals surface area contributed by atoms with Gasteiger partial charge in [-0.1, -0.05) is 36.7 Å². The number of ether oxygens (including phenoxy) is 1. The van der Waals surface area contributed by atoms with Crippen molar-refractivity contribution < 1.29 is 4.74 Å². The van der Waals surface area contributed by atoms with Crippen molar-refractivity contribution in [1.29, 1.82) is 0 Å². The molecule has 18 heavy (non-hydrogen) atoms. The molecule has 0 saturated heterocycles. The summed E-state index contributed by atoms with van der Waals surface area (Å²) in [7, 11) is 0. The van der Waals surface area contributed by atoms with Crippen LogP contribution in [0.1, 0.15) is 45.6 Å². The third kappa shape index (κ3) is 4.99. The number of nitrogens with one attached hydrogen (secondary N) is 1. The van der Waals surface area contributed by atoms with Crippen LogP contribution in [0.15, 0.2) is 22.7 Å². The third-order valence-electron chi connectivity index (χ3n) is 3.06. The van der Waals surface area contributed by atoms with Crippen LogP contribution in [0.25, 0.3) is 0 Å². The minimum Gasteiger partial charge on any atom is -0.492 e. The molecule has 1 aromatic rings. The predicted octanol–water partition coefficient (Wildman–Crippen LogP) is 4.34. The molecular weight excluding hydrogens is 290 g/mol. The van der Waals surface area contributed by atoms with Gasteiger partial charge in [0.1, 0.15) is 12.4 Å². The van der Waals surface area contributed by atoms with Crippen LogP contribution in [0.5, 0.6) is 5.75 Å². The predicted molar refractivity (Wildman–Crippen MR) is 81.5 cm³/mol. The second-order valence-electron chi connectivity index (χ2n) is 4.95. The fourth-order valence-electron chi connectivity index (χ4n) is 1.71. The molecule has 1 N–H and O–H groups in total. The Labute approximate surface area is 119 Å². The van der Waals surface area contributed by atoms with Gasteiger partial charge in [0, 0.05) is 17.1 Å².